The summed E-state index contributed by atoms with van der Waals surface area (Å²) in [6.07, 6.45) is 1.41. The monoisotopic (exact) mass is 235 g/mol. The summed E-state index contributed by atoms with van der Waals surface area (Å²) in [4.78, 5) is 21.0. The van der Waals surface area contributed by atoms with Crippen molar-refractivity contribution in [3.63, 3.8) is 0 Å². The van der Waals surface area contributed by atoms with E-state index in [1.165, 1.54) is 12.1 Å². The average molecular weight is 235 g/mol. The van der Waals surface area contributed by atoms with Crippen LogP contribution in [0.1, 0.15) is 12.8 Å². The quantitative estimate of drug-likeness (QED) is 0.608. The number of rotatable bonds is 4. The zero-order valence-electron chi connectivity index (χ0n) is 9.18. The van der Waals surface area contributed by atoms with E-state index < -0.39 is 4.92 Å². The number of carbonyl (C=O) groups is 1. The zero-order chi connectivity index (χ0) is 12.3. The molecule has 1 amide bonds. The largest absolute Gasteiger partial charge is 0.383 e. The molecule has 6 heteroatoms. The number of anilines is 1. The normalized spacial score (nSPS) is 18.8. The predicted octanol–water partition coefficient (Wildman–Crippen LogP) is 1.29. The number of hydrogen-bond acceptors (Lipinski definition) is 4. The first kappa shape index (κ1) is 11.4. The summed E-state index contributed by atoms with van der Waals surface area (Å²) in [5, 5.41) is 16.4. The molecule has 1 unspecified atom stereocenters. The number of nitro groups is 1. The van der Waals surface area contributed by atoms with Crippen molar-refractivity contribution in [1.29, 1.82) is 0 Å². The Labute approximate surface area is 98.2 Å². The fourth-order valence-corrected chi connectivity index (χ4v) is 1.77. The van der Waals surface area contributed by atoms with E-state index in [4.69, 9.17) is 0 Å². The van der Waals surface area contributed by atoms with Gasteiger partial charge < -0.3 is 10.6 Å². The molecule has 17 heavy (non-hydrogen) atoms. The van der Waals surface area contributed by atoms with Gasteiger partial charge in [-0.25, -0.2) is 0 Å². The molecule has 0 aliphatic carbocycles. The molecule has 1 aliphatic heterocycles. The fourth-order valence-electron chi connectivity index (χ4n) is 1.77. The number of nitro benzene ring substituents is 1. The molecule has 1 aliphatic rings. The number of benzene rings is 1. The van der Waals surface area contributed by atoms with Crippen molar-refractivity contribution in [2.75, 3.05) is 11.9 Å². The molecular formula is C11H13N3O3. The number of non-ortho nitro benzene ring substituents is 1. The fraction of sp³-hybridized carbons (Fsp3) is 0.364. The molecule has 0 aromatic heterocycles. The van der Waals surface area contributed by atoms with Crippen molar-refractivity contribution in [2.45, 2.75) is 18.9 Å². The van der Waals surface area contributed by atoms with Gasteiger partial charge >= 0.3 is 0 Å². The number of amides is 1. The Kier molecular flexibility index (Phi) is 3.22. The second kappa shape index (κ2) is 4.82. The Balaban J connectivity index is 1.87. The maximum atomic E-state index is 11.0. The Morgan fingerprint density at radius 2 is 2.12 bits per heavy atom. The van der Waals surface area contributed by atoms with E-state index in [9.17, 15) is 14.9 Å². The smallest absolute Gasteiger partial charge is 0.269 e. The van der Waals surface area contributed by atoms with Gasteiger partial charge in [-0.2, -0.15) is 0 Å². The van der Waals surface area contributed by atoms with Crippen LogP contribution in [0.15, 0.2) is 24.3 Å². The molecule has 90 valence electrons. The summed E-state index contributed by atoms with van der Waals surface area (Å²) in [7, 11) is 0. The molecule has 1 saturated heterocycles. The van der Waals surface area contributed by atoms with Gasteiger partial charge in [-0.05, 0) is 18.6 Å². The van der Waals surface area contributed by atoms with Gasteiger partial charge in [-0.15, -0.1) is 0 Å². The predicted molar refractivity (Wildman–Crippen MR) is 62.8 cm³/mol. The standard InChI is InChI=1S/C11H13N3O3/c15-11-6-3-9(13-11)7-12-8-1-4-10(5-2-8)14(16)17/h1-2,4-5,9,12H,3,6-7H2,(H,13,15). The average Bonchev–Trinajstić information content (AvgIpc) is 2.73. The van der Waals surface area contributed by atoms with Crippen molar-refractivity contribution in [1.82, 2.24) is 5.32 Å². The first-order valence-corrected chi connectivity index (χ1v) is 5.43. The summed E-state index contributed by atoms with van der Waals surface area (Å²) in [5.41, 5.74) is 0.890. The van der Waals surface area contributed by atoms with Crippen molar-refractivity contribution >= 4 is 17.3 Å². The van der Waals surface area contributed by atoms with Gasteiger partial charge in [0.15, 0.2) is 0 Å². The lowest BCUT2D eigenvalue weighted by atomic mass is 10.2. The van der Waals surface area contributed by atoms with Gasteiger partial charge in [0.05, 0.1) is 4.92 Å². The van der Waals surface area contributed by atoms with Crippen LogP contribution >= 0.6 is 0 Å². The second-order valence-electron chi connectivity index (χ2n) is 3.99. The SMILES string of the molecule is O=C1CCC(CNc2ccc([N+](=O)[O-])cc2)N1. The van der Waals surface area contributed by atoms with Gasteiger partial charge in [0.2, 0.25) is 5.91 Å². The molecular weight excluding hydrogens is 222 g/mol. The number of carbonyl (C=O) groups excluding carboxylic acids is 1. The van der Waals surface area contributed by atoms with Crippen LogP contribution in [-0.2, 0) is 4.79 Å². The highest BCUT2D eigenvalue weighted by Gasteiger charge is 2.19. The number of nitrogens with zero attached hydrogens (tertiary/aromatic N) is 1. The van der Waals surface area contributed by atoms with Gasteiger partial charge in [0.1, 0.15) is 0 Å². The van der Waals surface area contributed by atoms with Gasteiger partial charge in [0, 0.05) is 36.8 Å². The van der Waals surface area contributed by atoms with E-state index in [2.05, 4.69) is 10.6 Å². The summed E-state index contributed by atoms with van der Waals surface area (Å²) in [6.45, 7) is 0.642. The molecule has 1 atom stereocenters. The molecule has 1 fully saturated rings. The first-order valence-electron chi connectivity index (χ1n) is 5.43. The summed E-state index contributed by atoms with van der Waals surface area (Å²) < 4.78 is 0. The Morgan fingerprint density at radius 3 is 2.65 bits per heavy atom. The Bertz CT molecular complexity index is 430. The van der Waals surface area contributed by atoms with E-state index in [-0.39, 0.29) is 17.6 Å². The summed E-state index contributed by atoms with van der Waals surface area (Å²) in [5.74, 6) is 0.0838. The van der Waals surface area contributed by atoms with Crippen molar-refractivity contribution < 1.29 is 9.72 Å². The van der Waals surface area contributed by atoms with E-state index in [1.807, 2.05) is 0 Å². The molecule has 1 heterocycles. The highest BCUT2D eigenvalue weighted by atomic mass is 16.6. The summed E-state index contributed by atoms with van der Waals surface area (Å²) >= 11 is 0. The van der Waals surface area contributed by atoms with E-state index in [0.717, 1.165) is 12.1 Å². The Hall–Kier alpha value is -2.11. The van der Waals surface area contributed by atoms with Crippen molar-refractivity contribution in [3.8, 4) is 0 Å². The van der Waals surface area contributed by atoms with Crippen LogP contribution in [0.3, 0.4) is 0 Å². The van der Waals surface area contributed by atoms with Crippen LogP contribution in [0.4, 0.5) is 11.4 Å². The molecule has 1 aromatic carbocycles. The molecule has 2 rings (SSSR count). The van der Waals surface area contributed by atoms with E-state index in [1.54, 1.807) is 12.1 Å². The Morgan fingerprint density at radius 1 is 1.41 bits per heavy atom. The van der Waals surface area contributed by atoms with Gasteiger partial charge in [-0.1, -0.05) is 0 Å². The minimum Gasteiger partial charge on any atom is -0.383 e. The number of nitrogens with one attached hydrogen (secondary N) is 2. The first-order chi connectivity index (χ1) is 8.15. The van der Waals surface area contributed by atoms with Gasteiger partial charge in [0.25, 0.3) is 5.69 Å². The summed E-state index contributed by atoms with van der Waals surface area (Å²) in [6, 6.07) is 6.38. The zero-order valence-corrected chi connectivity index (χ0v) is 9.18. The lowest BCUT2D eigenvalue weighted by Crippen LogP contribution is -2.31. The lowest BCUT2D eigenvalue weighted by Gasteiger charge is -2.11. The van der Waals surface area contributed by atoms with Crippen LogP contribution < -0.4 is 10.6 Å². The molecule has 0 bridgehead atoms. The highest BCUT2D eigenvalue weighted by Crippen LogP contribution is 2.16. The van der Waals surface area contributed by atoms with Crippen LogP contribution in [-0.4, -0.2) is 23.4 Å². The molecule has 0 spiro atoms. The minimum atomic E-state index is -0.430. The molecule has 2 N–H and O–H groups in total. The third-order valence-electron chi connectivity index (χ3n) is 2.72. The maximum absolute atomic E-state index is 11.0. The van der Waals surface area contributed by atoms with E-state index >= 15 is 0 Å². The molecule has 0 radical (unpaired) electrons. The topological polar surface area (TPSA) is 84.3 Å². The van der Waals surface area contributed by atoms with Crippen LogP contribution in [0.5, 0.6) is 0 Å². The number of hydrogen-bond donors (Lipinski definition) is 2. The second-order valence-corrected chi connectivity index (χ2v) is 3.99. The minimum absolute atomic E-state index is 0.0738. The molecule has 1 aromatic rings. The maximum Gasteiger partial charge on any atom is 0.269 e. The third-order valence-corrected chi connectivity index (χ3v) is 2.72. The van der Waals surface area contributed by atoms with Crippen LogP contribution in [0.2, 0.25) is 0 Å². The lowest BCUT2D eigenvalue weighted by molar-refractivity contribution is -0.384. The van der Waals surface area contributed by atoms with Crippen molar-refractivity contribution in [2.24, 2.45) is 0 Å². The molecule has 0 saturated carbocycles. The van der Waals surface area contributed by atoms with Gasteiger partial charge in [-0.3, -0.25) is 14.9 Å². The van der Waals surface area contributed by atoms with E-state index in [0.29, 0.717) is 13.0 Å². The molecule has 6 nitrogen and oxygen atoms in total. The highest BCUT2D eigenvalue weighted by molar-refractivity contribution is 5.78. The van der Waals surface area contributed by atoms with Crippen LogP contribution in [0, 0.1) is 10.1 Å². The third kappa shape index (κ3) is 2.93. The van der Waals surface area contributed by atoms with Crippen molar-refractivity contribution in [3.05, 3.63) is 34.4 Å². The van der Waals surface area contributed by atoms with Crippen LogP contribution in [0.25, 0.3) is 0 Å².